The molecule has 2 rings (SSSR count). The second kappa shape index (κ2) is 8.67. The van der Waals surface area contributed by atoms with Crippen molar-refractivity contribution in [2.45, 2.75) is 83.8 Å². The average molecular weight is 324 g/mol. The van der Waals surface area contributed by atoms with Gasteiger partial charge in [-0.1, -0.05) is 26.2 Å². The summed E-state index contributed by atoms with van der Waals surface area (Å²) in [5.74, 6) is 0.590. The zero-order chi connectivity index (χ0) is 16.8. The van der Waals surface area contributed by atoms with Crippen LogP contribution in [0.25, 0.3) is 0 Å². The van der Waals surface area contributed by atoms with Crippen molar-refractivity contribution < 1.29 is 14.3 Å². The summed E-state index contributed by atoms with van der Waals surface area (Å²) in [4.78, 5) is 26.9. The van der Waals surface area contributed by atoms with Gasteiger partial charge in [0.05, 0.1) is 12.6 Å². The Kier molecular flexibility index (Phi) is 6.88. The summed E-state index contributed by atoms with van der Waals surface area (Å²) in [7, 11) is 0. The van der Waals surface area contributed by atoms with Gasteiger partial charge in [0.1, 0.15) is 6.04 Å². The molecule has 0 radical (unpaired) electrons. The van der Waals surface area contributed by atoms with E-state index in [4.69, 9.17) is 4.74 Å². The van der Waals surface area contributed by atoms with Crippen LogP contribution in [0.2, 0.25) is 0 Å². The standard InChI is InChI=1S/C18H32N2O3/c1-4-8-15(18(22)23-5-2)19-13(3)17(21)20-12-11-14-9-6-7-10-16(14)20/h13-16,19H,4-12H2,1-3H3/t13-,14+,15-,16+/m0/s1. The fourth-order valence-corrected chi connectivity index (χ4v) is 4.10. The van der Waals surface area contributed by atoms with Gasteiger partial charge in [-0.05, 0) is 45.4 Å². The zero-order valence-electron chi connectivity index (χ0n) is 14.8. The molecule has 4 atom stereocenters. The summed E-state index contributed by atoms with van der Waals surface area (Å²) in [6.07, 6.45) is 7.65. The van der Waals surface area contributed by atoms with Crippen LogP contribution in [0.4, 0.5) is 0 Å². The third-order valence-corrected chi connectivity index (χ3v) is 5.26. The largest absolute Gasteiger partial charge is 0.465 e. The molecular weight excluding hydrogens is 292 g/mol. The summed E-state index contributed by atoms with van der Waals surface area (Å²) >= 11 is 0. The normalized spacial score (nSPS) is 26.5. The Hall–Kier alpha value is -1.10. The topological polar surface area (TPSA) is 58.6 Å². The maximum atomic E-state index is 12.8. The summed E-state index contributed by atoms with van der Waals surface area (Å²) in [5, 5.41) is 3.21. The molecule has 0 spiro atoms. The number of esters is 1. The minimum atomic E-state index is -0.386. The molecule has 0 aromatic carbocycles. The molecule has 132 valence electrons. The van der Waals surface area contributed by atoms with Gasteiger partial charge in [-0.25, -0.2) is 0 Å². The molecule has 1 saturated heterocycles. The first-order valence-corrected chi connectivity index (χ1v) is 9.31. The highest BCUT2D eigenvalue weighted by atomic mass is 16.5. The SMILES string of the molecule is CCC[C@H](N[C@@H](C)C(=O)N1CC[C@H]2CCCC[C@H]21)C(=O)OCC. The molecule has 0 aromatic rings. The van der Waals surface area contributed by atoms with Crippen molar-refractivity contribution in [1.82, 2.24) is 10.2 Å². The minimum Gasteiger partial charge on any atom is -0.465 e. The Morgan fingerprint density at radius 3 is 2.65 bits per heavy atom. The quantitative estimate of drug-likeness (QED) is 0.731. The Morgan fingerprint density at radius 2 is 1.96 bits per heavy atom. The molecule has 1 saturated carbocycles. The number of likely N-dealkylation sites (tertiary alicyclic amines) is 1. The first kappa shape index (κ1) is 18.2. The lowest BCUT2D eigenvalue weighted by Gasteiger charge is -2.34. The monoisotopic (exact) mass is 324 g/mol. The molecule has 1 aliphatic carbocycles. The summed E-state index contributed by atoms with van der Waals surface area (Å²) < 4.78 is 5.12. The fraction of sp³-hybridized carbons (Fsp3) is 0.889. The van der Waals surface area contributed by atoms with E-state index in [0.29, 0.717) is 25.0 Å². The fourth-order valence-electron chi connectivity index (χ4n) is 4.10. The number of nitrogens with zero attached hydrogens (tertiary/aromatic N) is 1. The number of hydrogen-bond donors (Lipinski definition) is 1. The lowest BCUT2D eigenvalue weighted by atomic mass is 9.85. The van der Waals surface area contributed by atoms with E-state index < -0.39 is 0 Å². The van der Waals surface area contributed by atoms with Gasteiger partial charge in [0, 0.05) is 12.6 Å². The van der Waals surface area contributed by atoms with Gasteiger partial charge in [-0.2, -0.15) is 0 Å². The van der Waals surface area contributed by atoms with E-state index in [0.717, 1.165) is 25.8 Å². The Morgan fingerprint density at radius 1 is 1.22 bits per heavy atom. The van der Waals surface area contributed by atoms with Crippen LogP contribution in [-0.4, -0.2) is 48.1 Å². The number of fused-ring (bicyclic) bond motifs is 1. The molecule has 2 aliphatic rings. The van der Waals surface area contributed by atoms with E-state index in [2.05, 4.69) is 10.2 Å². The van der Waals surface area contributed by atoms with E-state index in [-0.39, 0.29) is 24.0 Å². The molecule has 1 amide bonds. The number of ether oxygens (including phenoxy) is 1. The molecule has 1 heterocycles. The number of amides is 1. The van der Waals surface area contributed by atoms with Crippen molar-refractivity contribution >= 4 is 11.9 Å². The lowest BCUT2D eigenvalue weighted by molar-refractivity contribution is -0.146. The summed E-state index contributed by atoms with van der Waals surface area (Å²) in [6, 6.07) is -0.298. The van der Waals surface area contributed by atoms with Crippen molar-refractivity contribution in [2.24, 2.45) is 5.92 Å². The average Bonchev–Trinajstić information content (AvgIpc) is 2.97. The number of carbonyl (C=O) groups excluding carboxylic acids is 2. The van der Waals surface area contributed by atoms with E-state index in [9.17, 15) is 9.59 Å². The van der Waals surface area contributed by atoms with Crippen LogP contribution in [0, 0.1) is 5.92 Å². The van der Waals surface area contributed by atoms with Crippen LogP contribution >= 0.6 is 0 Å². The van der Waals surface area contributed by atoms with Gasteiger partial charge >= 0.3 is 5.97 Å². The van der Waals surface area contributed by atoms with Crippen molar-refractivity contribution in [3.05, 3.63) is 0 Å². The highest BCUT2D eigenvalue weighted by Gasteiger charge is 2.39. The maximum absolute atomic E-state index is 12.8. The first-order chi connectivity index (χ1) is 11.1. The van der Waals surface area contributed by atoms with Gasteiger partial charge in [-0.3, -0.25) is 14.9 Å². The molecule has 0 bridgehead atoms. The Labute approximate surface area is 140 Å². The smallest absolute Gasteiger partial charge is 0.323 e. The molecule has 1 N–H and O–H groups in total. The molecule has 1 aliphatic heterocycles. The molecule has 5 heteroatoms. The molecule has 23 heavy (non-hydrogen) atoms. The molecule has 2 fully saturated rings. The van der Waals surface area contributed by atoms with E-state index in [1.807, 2.05) is 20.8 Å². The molecule has 5 nitrogen and oxygen atoms in total. The lowest BCUT2D eigenvalue weighted by Crippen LogP contribution is -2.52. The zero-order valence-corrected chi connectivity index (χ0v) is 14.8. The third-order valence-electron chi connectivity index (χ3n) is 5.26. The minimum absolute atomic E-state index is 0.143. The van der Waals surface area contributed by atoms with Crippen LogP contribution in [0.3, 0.4) is 0 Å². The third kappa shape index (κ3) is 4.46. The van der Waals surface area contributed by atoms with Crippen molar-refractivity contribution in [1.29, 1.82) is 0 Å². The predicted octanol–water partition coefficient (Wildman–Crippen LogP) is 2.49. The second-order valence-corrected chi connectivity index (χ2v) is 6.91. The number of hydrogen-bond acceptors (Lipinski definition) is 4. The number of nitrogens with one attached hydrogen (secondary N) is 1. The van der Waals surface area contributed by atoms with E-state index in [1.54, 1.807) is 0 Å². The van der Waals surface area contributed by atoms with Crippen LogP contribution in [0.5, 0.6) is 0 Å². The van der Waals surface area contributed by atoms with Gasteiger partial charge in [-0.15, -0.1) is 0 Å². The highest BCUT2D eigenvalue weighted by molar-refractivity contribution is 5.83. The van der Waals surface area contributed by atoms with Crippen molar-refractivity contribution in [3.8, 4) is 0 Å². The highest BCUT2D eigenvalue weighted by Crippen LogP contribution is 2.36. The summed E-state index contributed by atoms with van der Waals surface area (Å²) in [6.45, 7) is 6.97. The predicted molar refractivity (Wildman–Crippen MR) is 90.0 cm³/mol. The van der Waals surface area contributed by atoms with Gasteiger partial charge in [0.25, 0.3) is 0 Å². The van der Waals surface area contributed by atoms with Crippen LogP contribution < -0.4 is 5.32 Å². The molecular formula is C18H32N2O3. The first-order valence-electron chi connectivity index (χ1n) is 9.31. The maximum Gasteiger partial charge on any atom is 0.323 e. The second-order valence-electron chi connectivity index (χ2n) is 6.91. The molecule has 0 aromatic heterocycles. The molecule has 0 unspecified atom stereocenters. The van der Waals surface area contributed by atoms with Crippen LogP contribution in [-0.2, 0) is 14.3 Å². The van der Waals surface area contributed by atoms with E-state index >= 15 is 0 Å². The van der Waals surface area contributed by atoms with Crippen molar-refractivity contribution in [2.75, 3.05) is 13.2 Å². The van der Waals surface area contributed by atoms with Gasteiger partial charge in [0.15, 0.2) is 0 Å². The van der Waals surface area contributed by atoms with Crippen LogP contribution in [0.1, 0.15) is 65.7 Å². The summed E-state index contributed by atoms with van der Waals surface area (Å²) in [5.41, 5.74) is 0. The van der Waals surface area contributed by atoms with Gasteiger partial charge < -0.3 is 9.64 Å². The van der Waals surface area contributed by atoms with E-state index in [1.165, 1.54) is 19.3 Å². The Bertz CT molecular complexity index is 413. The Balaban J connectivity index is 1.94. The number of rotatable bonds is 7. The number of carbonyl (C=O) groups is 2. The van der Waals surface area contributed by atoms with Crippen molar-refractivity contribution in [3.63, 3.8) is 0 Å². The van der Waals surface area contributed by atoms with Gasteiger partial charge in [0.2, 0.25) is 5.91 Å². The van der Waals surface area contributed by atoms with Crippen LogP contribution in [0.15, 0.2) is 0 Å².